The van der Waals surface area contributed by atoms with E-state index < -0.39 is 0 Å². The standard InChI is InChI=1S/C20H24N4O3/c1-4-10-21-20(26)18-23-17(15-7-5-6-11-24(15)18)19(25)22-14-12-13(2)8-9-16(14)27-3/h4,8-9,12H,1,5-7,10-11H2,2-3H3,(H,21,26)(H,22,25). The molecule has 1 aliphatic rings. The van der Waals surface area contributed by atoms with Crippen molar-refractivity contribution in [3.05, 3.63) is 53.6 Å². The highest BCUT2D eigenvalue weighted by Crippen LogP contribution is 2.27. The van der Waals surface area contributed by atoms with Gasteiger partial charge in [0.15, 0.2) is 11.5 Å². The van der Waals surface area contributed by atoms with Gasteiger partial charge in [0.2, 0.25) is 0 Å². The molecule has 0 bridgehead atoms. The van der Waals surface area contributed by atoms with Crippen LogP contribution < -0.4 is 15.4 Å². The van der Waals surface area contributed by atoms with Crippen molar-refractivity contribution >= 4 is 17.5 Å². The summed E-state index contributed by atoms with van der Waals surface area (Å²) in [6.45, 7) is 6.57. The van der Waals surface area contributed by atoms with Gasteiger partial charge in [0, 0.05) is 13.1 Å². The highest BCUT2D eigenvalue weighted by molar-refractivity contribution is 6.05. The van der Waals surface area contributed by atoms with Gasteiger partial charge >= 0.3 is 0 Å². The molecule has 0 spiro atoms. The van der Waals surface area contributed by atoms with E-state index in [1.165, 1.54) is 0 Å². The van der Waals surface area contributed by atoms with Crippen molar-refractivity contribution in [1.82, 2.24) is 14.9 Å². The summed E-state index contributed by atoms with van der Waals surface area (Å²) in [7, 11) is 1.56. The zero-order chi connectivity index (χ0) is 19.4. The van der Waals surface area contributed by atoms with Crippen LogP contribution in [-0.2, 0) is 13.0 Å². The normalized spacial score (nSPS) is 12.8. The Morgan fingerprint density at radius 3 is 2.89 bits per heavy atom. The van der Waals surface area contributed by atoms with Crippen molar-refractivity contribution in [2.75, 3.05) is 19.0 Å². The van der Waals surface area contributed by atoms with E-state index in [0.717, 1.165) is 30.5 Å². The molecular formula is C20H24N4O3. The molecule has 7 heteroatoms. The Hall–Kier alpha value is -3.09. The number of benzene rings is 1. The Kier molecular flexibility index (Phi) is 5.59. The third-order valence-corrected chi connectivity index (χ3v) is 4.55. The van der Waals surface area contributed by atoms with Crippen molar-refractivity contribution in [2.45, 2.75) is 32.7 Å². The van der Waals surface area contributed by atoms with E-state index >= 15 is 0 Å². The zero-order valence-corrected chi connectivity index (χ0v) is 15.7. The molecule has 2 amide bonds. The summed E-state index contributed by atoms with van der Waals surface area (Å²) >= 11 is 0. The lowest BCUT2D eigenvalue weighted by Crippen LogP contribution is -2.28. The first kappa shape index (κ1) is 18.7. The lowest BCUT2D eigenvalue weighted by molar-refractivity contribution is 0.0942. The third kappa shape index (κ3) is 3.86. The van der Waals surface area contributed by atoms with Crippen LogP contribution in [0.5, 0.6) is 5.75 Å². The molecule has 7 nitrogen and oxygen atoms in total. The van der Waals surface area contributed by atoms with Gasteiger partial charge in [0.1, 0.15) is 5.75 Å². The van der Waals surface area contributed by atoms with Gasteiger partial charge in [-0.1, -0.05) is 12.1 Å². The Balaban J connectivity index is 1.93. The van der Waals surface area contributed by atoms with Gasteiger partial charge < -0.3 is 19.9 Å². The molecule has 27 heavy (non-hydrogen) atoms. The molecule has 2 heterocycles. The van der Waals surface area contributed by atoms with Gasteiger partial charge in [-0.05, 0) is 43.9 Å². The van der Waals surface area contributed by atoms with Crippen LogP contribution in [0.15, 0.2) is 30.9 Å². The number of anilines is 1. The SMILES string of the molecule is C=CCNC(=O)c1nc(C(=O)Nc2cc(C)ccc2OC)c2n1CCCC2. The van der Waals surface area contributed by atoms with Crippen LogP contribution in [0.2, 0.25) is 0 Å². The molecule has 142 valence electrons. The average Bonchev–Trinajstić information content (AvgIpc) is 3.06. The summed E-state index contributed by atoms with van der Waals surface area (Å²) < 4.78 is 7.18. The summed E-state index contributed by atoms with van der Waals surface area (Å²) in [5.74, 6) is 0.205. The topological polar surface area (TPSA) is 85.2 Å². The Labute approximate surface area is 158 Å². The van der Waals surface area contributed by atoms with Crippen molar-refractivity contribution in [1.29, 1.82) is 0 Å². The van der Waals surface area contributed by atoms with Crippen molar-refractivity contribution < 1.29 is 14.3 Å². The molecule has 2 aromatic rings. The number of hydrogen-bond donors (Lipinski definition) is 2. The number of hydrogen-bond acceptors (Lipinski definition) is 4. The molecule has 1 aromatic heterocycles. The molecule has 0 saturated heterocycles. The van der Waals surface area contributed by atoms with Crippen molar-refractivity contribution in [2.24, 2.45) is 0 Å². The quantitative estimate of drug-likeness (QED) is 0.768. The molecular weight excluding hydrogens is 344 g/mol. The van der Waals surface area contributed by atoms with Crippen LogP contribution >= 0.6 is 0 Å². The summed E-state index contributed by atoms with van der Waals surface area (Å²) in [6.07, 6.45) is 4.25. The van der Waals surface area contributed by atoms with Crippen LogP contribution in [-0.4, -0.2) is 35.0 Å². The van der Waals surface area contributed by atoms with E-state index in [-0.39, 0.29) is 17.6 Å². The fourth-order valence-corrected chi connectivity index (χ4v) is 3.24. The first-order valence-electron chi connectivity index (χ1n) is 8.99. The van der Waals surface area contributed by atoms with Crippen molar-refractivity contribution in [3.8, 4) is 5.75 Å². The molecule has 0 unspecified atom stereocenters. The zero-order valence-electron chi connectivity index (χ0n) is 15.7. The maximum Gasteiger partial charge on any atom is 0.287 e. The van der Waals surface area contributed by atoms with Crippen LogP contribution in [0.3, 0.4) is 0 Å². The van der Waals surface area contributed by atoms with E-state index in [2.05, 4.69) is 22.2 Å². The largest absolute Gasteiger partial charge is 0.495 e. The van der Waals surface area contributed by atoms with E-state index in [0.29, 0.717) is 30.2 Å². The molecule has 1 aliphatic heterocycles. The Morgan fingerprint density at radius 2 is 2.15 bits per heavy atom. The molecule has 0 aliphatic carbocycles. The van der Waals surface area contributed by atoms with Gasteiger partial charge in [0.25, 0.3) is 11.8 Å². The lowest BCUT2D eigenvalue weighted by Gasteiger charge is -2.17. The van der Waals surface area contributed by atoms with Gasteiger partial charge in [-0.15, -0.1) is 6.58 Å². The van der Waals surface area contributed by atoms with Crippen LogP contribution in [0, 0.1) is 6.92 Å². The second-order valence-electron chi connectivity index (χ2n) is 6.50. The second-order valence-corrected chi connectivity index (χ2v) is 6.50. The first-order chi connectivity index (χ1) is 13.0. The number of methoxy groups -OCH3 is 1. The average molecular weight is 368 g/mol. The Morgan fingerprint density at radius 1 is 1.33 bits per heavy atom. The summed E-state index contributed by atoms with van der Waals surface area (Å²) in [5, 5.41) is 5.61. The highest BCUT2D eigenvalue weighted by atomic mass is 16.5. The minimum absolute atomic E-state index is 0.271. The summed E-state index contributed by atoms with van der Waals surface area (Å²) in [6, 6.07) is 5.56. The predicted octanol–water partition coefficient (Wildman–Crippen LogP) is 2.70. The maximum absolute atomic E-state index is 12.9. The van der Waals surface area contributed by atoms with E-state index in [9.17, 15) is 9.59 Å². The van der Waals surface area contributed by atoms with Crippen LogP contribution in [0.25, 0.3) is 0 Å². The van der Waals surface area contributed by atoms with Gasteiger partial charge in [-0.2, -0.15) is 0 Å². The molecule has 3 rings (SSSR count). The number of ether oxygens (including phenoxy) is 1. The van der Waals surface area contributed by atoms with E-state index in [1.807, 2.05) is 29.7 Å². The molecule has 0 atom stereocenters. The lowest BCUT2D eigenvalue weighted by atomic mass is 10.1. The number of aromatic nitrogens is 2. The number of imidazole rings is 1. The van der Waals surface area contributed by atoms with Gasteiger partial charge in [-0.25, -0.2) is 4.98 Å². The number of carbonyl (C=O) groups excluding carboxylic acids is 2. The number of aryl methyl sites for hydroxylation is 1. The second kappa shape index (κ2) is 8.07. The fraction of sp³-hybridized carbons (Fsp3) is 0.350. The monoisotopic (exact) mass is 368 g/mol. The minimum Gasteiger partial charge on any atom is -0.495 e. The minimum atomic E-state index is -0.340. The molecule has 0 saturated carbocycles. The van der Waals surface area contributed by atoms with Crippen LogP contribution in [0.4, 0.5) is 5.69 Å². The molecule has 0 fully saturated rings. The number of nitrogens with zero attached hydrogens (tertiary/aromatic N) is 2. The number of amides is 2. The first-order valence-corrected chi connectivity index (χ1v) is 8.99. The fourth-order valence-electron chi connectivity index (χ4n) is 3.24. The predicted molar refractivity (Wildman–Crippen MR) is 103 cm³/mol. The molecule has 0 radical (unpaired) electrons. The highest BCUT2D eigenvalue weighted by Gasteiger charge is 2.27. The summed E-state index contributed by atoms with van der Waals surface area (Å²) in [5.41, 5.74) is 2.68. The number of carbonyl (C=O) groups is 2. The Bertz CT molecular complexity index is 886. The van der Waals surface area contributed by atoms with Crippen molar-refractivity contribution in [3.63, 3.8) is 0 Å². The third-order valence-electron chi connectivity index (χ3n) is 4.55. The van der Waals surface area contributed by atoms with E-state index in [1.54, 1.807) is 13.2 Å². The maximum atomic E-state index is 12.9. The van der Waals surface area contributed by atoms with E-state index in [4.69, 9.17) is 4.74 Å². The molecule has 1 aromatic carbocycles. The smallest absolute Gasteiger partial charge is 0.287 e. The summed E-state index contributed by atoms with van der Waals surface area (Å²) in [4.78, 5) is 29.7. The van der Waals surface area contributed by atoms with Gasteiger partial charge in [-0.3, -0.25) is 9.59 Å². The number of fused-ring (bicyclic) bond motifs is 1. The number of rotatable bonds is 6. The number of nitrogens with one attached hydrogen (secondary N) is 2. The van der Waals surface area contributed by atoms with Crippen LogP contribution in [0.1, 0.15) is 45.2 Å². The van der Waals surface area contributed by atoms with Gasteiger partial charge in [0.05, 0.1) is 18.5 Å². The molecule has 2 N–H and O–H groups in total.